The lowest BCUT2D eigenvalue weighted by atomic mass is 10.1. The topological polar surface area (TPSA) is 93.5 Å². The van der Waals surface area contributed by atoms with Crippen LogP contribution in [0.4, 0.5) is 19.1 Å². The number of aromatic nitrogens is 4. The van der Waals surface area contributed by atoms with Crippen LogP contribution in [0.25, 0.3) is 22.2 Å². The number of rotatable bonds is 7. The highest BCUT2D eigenvalue weighted by atomic mass is 32.2. The highest BCUT2D eigenvalue weighted by Gasteiger charge is 2.25. The Balaban J connectivity index is 1.42. The Bertz CT molecular complexity index is 1570. The van der Waals surface area contributed by atoms with Gasteiger partial charge in [-0.15, -0.1) is 0 Å². The van der Waals surface area contributed by atoms with E-state index in [1.54, 1.807) is 31.2 Å². The number of piperazine rings is 1. The van der Waals surface area contributed by atoms with Crippen molar-refractivity contribution in [2.45, 2.75) is 20.1 Å². The van der Waals surface area contributed by atoms with E-state index in [4.69, 9.17) is 0 Å². The van der Waals surface area contributed by atoms with Crippen molar-refractivity contribution in [1.29, 1.82) is 0 Å². The fraction of sp³-hybridized carbons (Fsp3) is 0.320. The fourth-order valence-corrected chi connectivity index (χ4v) is 5.37. The van der Waals surface area contributed by atoms with Crippen LogP contribution in [0.2, 0.25) is 0 Å². The molecule has 1 fully saturated rings. The average molecular weight is 547 g/mol. The number of para-hydroxylation sites is 1. The molecule has 5 rings (SSSR count). The number of hydrogen-bond acceptors (Lipinski definition) is 7. The number of halogens is 3. The molecule has 0 bridgehead atoms. The van der Waals surface area contributed by atoms with Gasteiger partial charge in [-0.3, -0.25) is 0 Å². The summed E-state index contributed by atoms with van der Waals surface area (Å²) in [6, 6.07) is 9.48. The smallest absolute Gasteiger partial charge is 0.387 e. The average Bonchev–Trinajstić information content (AvgIpc) is 3.17. The number of sulfonamides is 1. The zero-order chi connectivity index (χ0) is 27.0. The third-order valence-corrected chi connectivity index (χ3v) is 7.79. The Kier molecular flexibility index (Phi) is 6.97. The number of nitrogens with zero attached hydrogens (tertiary/aromatic N) is 6. The Morgan fingerprint density at radius 1 is 1.05 bits per heavy atom. The second-order valence-corrected chi connectivity index (χ2v) is 11.0. The Morgan fingerprint density at radius 2 is 1.74 bits per heavy atom. The maximum absolute atomic E-state index is 15.1. The number of alkyl halides is 2. The van der Waals surface area contributed by atoms with Gasteiger partial charge in [0, 0.05) is 61.3 Å². The lowest BCUT2D eigenvalue weighted by molar-refractivity contribution is -0.0504. The SMILES string of the molecule is Cc1nc2cc(F)c(-c3cnc(N4CCN(S(C)(=O)=O)CC4)nc3)cc2n1Cc1ccccc1OC(F)F. The van der Waals surface area contributed by atoms with Crippen molar-refractivity contribution in [3.63, 3.8) is 0 Å². The van der Waals surface area contributed by atoms with Gasteiger partial charge in [0.1, 0.15) is 17.4 Å². The van der Waals surface area contributed by atoms with Crippen molar-refractivity contribution in [1.82, 2.24) is 23.8 Å². The summed E-state index contributed by atoms with van der Waals surface area (Å²) in [5.74, 6) is 0.581. The van der Waals surface area contributed by atoms with Crippen LogP contribution in [0.3, 0.4) is 0 Å². The van der Waals surface area contributed by atoms with Crippen molar-refractivity contribution in [2.24, 2.45) is 0 Å². The normalized spacial score (nSPS) is 14.9. The molecule has 3 heterocycles. The van der Waals surface area contributed by atoms with Gasteiger partial charge in [-0.25, -0.2) is 27.8 Å². The zero-order valence-corrected chi connectivity index (χ0v) is 21.5. The summed E-state index contributed by atoms with van der Waals surface area (Å²) in [6.07, 6.45) is 4.23. The predicted octanol–water partition coefficient (Wildman–Crippen LogP) is 3.67. The molecular formula is C25H25F3N6O3S. The molecule has 13 heteroatoms. The van der Waals surface area contributed by atoms with Gasteiger partial charge < -0.3 is 14.2 Å². The van der Waals surface area contributed by atoms with Crippen molar-refractivity contribution in [3.8, 4) is 16.9 Å². The van der Waals surface area contributed by atoms with Crippen LogP contribution in [0.5, 0.6) is 5.75 Å². The summed E-state index contributed by atoms with van der Waals surface area (Å²) in [7, 11) is -3.25. The minimum Gasteiger partial charge on any atom is -0.434 e. The molecule has 1 aliphatic rings. The number of fused-ring (bicyclic) bond motifs is 1. The van der Waals surface area contributed by atoms with E-state index in [1.807, 2.05) is 9.47 Å². The Morgan fingerprint density at radius 3 is 2.39 bits per heavy atom. The summed E-state index contributed by atoms with van der Waals surface area (Å²) in [4.78, 5) is 15.1. The number of imidazole rings is 1. The number of ether oxygens (including phenoxy) is 1. The first-order valence-electron chi connectivity index (χ1n) is 11.8. The molecule has 0 unspecified atom stereocenters. The molecule has 0 aliphatic carbocycles. The minimum absolute atomic E-state index is 0.0624. The van der Waals surface area contributed by atoms with Crippen LogP contribution >= 0.6 is 0 Å². The molecule has 9 nitrogen and oxygen atoms in total. The summed E-state index contributed by atoms with van der Waals surface area (Å²) in [5.41, 5.74) is 2.30. The van der Waals surface area contributed by atoms with Gasteiger partial charge in [-0.1, -0.05) is 18.2 Å². The maximum atomic E-state index is 15.1. The fourth-order valence-electron chi connectivity index (χ4n) is 4.55. The molecule has 0 saturated carbocycles. The monoisotopic (exact) mass is 546 g/mol. The van der Waals surface area contributed by atoms with Crippen LogP contribution in [0.15, 0.2) is 48.8 Å². The molecule has 4 aromatic rings. The van der Waals surface area contributed by atoms with E-state index in [-0.39, 0.29) is 17.9 Å². The van der Waals surface area contributed by atoms with Crippen molar-refractivity contribution >= 4 is 27.0 Å². The maximum Gasteiger partial charge on any atom is 0.387 e. The van der Waals surface area contributed by atoms with Crippen LogP contribution in [-0.2, 0) is 16.6 Å². The van der Waals surface area contributed by atoms with Gasteiger partial charge in [-0.2, -0.15) is 13.1 Å². The first-order chi connectivity index (χ1) is 18.1. The van der Waals surface area contributed by atoms with Crippen molar-refractivity contribution in [2.75, 3.05) is 37.3 Å². The Labute approximate surface area is 217 Å². The molecule has 0 spiro atoms. The molecule has 0 amide bonds. The van der Waals surface area contributed by atoms with Crippen molar-refractivity contribution < 1.29 is 26.3 Å². The Hall–Kier alpha value is -3.71. The van der Waals surface area contributed by atoms with E-state index in [0.29, 0.717) is 60.1 Å². The first-order valence-corrected chi connectivity index (χ1v) is 13.7. The first kappa shape index (κ1) is 25.9. The van der Waals surface area contributed by atoms with Gasteiger partial charge in [0.2, 0.25) is 16.0 Å². The quantitative estimate of drug-likeness (QED) is 0.349. The van der Waals surface area contributed by atoms with E-state index < -0.39 is 22.5 Å². The van der Waals surface area contributed by atoms with E-state index >= 15 is 4.39 Å². The highest BCUT2D eigenvalue weighted by molar-refractivity contribution is 7.88. The van der Waals surface area contributed by atoms with Gasteiger partial charge in [0.25, 0.3) is 0 Å². The van der Waals surface area contributed by atoms with Crippen LogP contribution < -0.4 is 9.64 Å². The van der Waals surface area contributed by atoms with Gasteiger partial charge in [0.15, 0.2) is 0 Å². The van der Waals surface area contributed by atoms with E-state index in [9.17, 15) is 17.2 Å². The number of anilines is 1. The van der Waals surface area contributed by atoms with Crippen LogP contribution in [0, 0.1) is 12.7 Å². The summed E-state index contributed by atoms with van der Waals surface area (Å²) in [6.45, 7) is 0.572. The summed E-state index contributed by atoms with van der Waals surface area (Å²) in [5, 5.41) is 0. The molecule has 200 valence electrons. The van der Waals surface area contributed by atoms with Gasteiger partial charge >= 0.3 is 6.61 Å². The van der Waals surface area contributed by atoms with E-state index in [0.717, 1.165) is 0 Å². The van der Waals surface area contributed by atoms with E-state index in [1.165, 1.54) is 35.1 Å². The molecule has 0 atom stereocenters. The van der Waals surface area contributed by atoms with Crippen LogP contribution in [0.1, 0.15) is 11.4 Å². The number of hydrogen-bond donors (Lipinski definition) is 0. The standard InChI is InChI=1S/C25H25F3N6O3S/c1-16-31-21-12-20(26)19(11-22(21)34(16)15-17-5-3-4-6-23(17)37-24(27)28)18-13-29-25(30-14-18)32-7-9-33(10-8-32)38(2,35)36/h3-6,11-14,24H,7-10,15H2,1-2H3. The second-order valence-electron chi connectivity index (χ2n) is 8.97. The summed E-state index contributed by atoms with van der Waals surface area (Å²) >= 11 is 0. The molecule has 1 aliphatic heterocycles. The molecule has 38 heavy (non-hydrogen) atoms. The molecule has 1 saturated heterocycles. The van der Waals surface area contributed by atoms with Crippen LogP contribution in [-0.4, -0.2) is 71.3 Å². The molecule has 0 radical (unpaired) electrons. The molecule has 0 N–H and O–H groups in total. The van der Waals surface area contributed by atoms with Gasteiger partial charge in [0.05, 0.1) is 23.8 Å². The third kappa shape index (κ3) is 5.29. The van der Waals surface area contributed by atoms with Crippen molar-refractivity contribution in [3.05, 3.63) is 66.0 Å². The van der Waals surface area contributed by atoms with Gasteiger partial charge in [-0.05, 0) is 19.1 Å². The van der Waals surface area contributed by atoms with E-state index in [2.05, 4.69) is 19.7 Å². The molecular weight excluding hydrogens is 521 g/mol. The lowest BCUT2D eigenvalue weighted by Crippen LogP contribution is -2.48. The lowest BCUT2D eigenvalue weighted by Gasteiger charge is -2.33. The number of aryl methyl sites for hydroxylation is 1. The minimum atomic E-state index is -3.25. The molecule has 2 aromatic heterocycles. The summed E-state index contributed by atoms with van der Waals surface area (Å²) < 4.78 is 72.2. The largest absolute Gasteiger partial charge is 0.434 e. The predicted molar refractivity (Wildman–Crippen MR) is 136 cm³/mol. The number of benzene rings is 2. The zero-order valence-electron chi connectivity index (χ0n) is 20.7. The highest BCUT2D eigenvalue weighted by Crippen LogP contribution is 2.30. The third-order valence-electron chi connectivity index (χ3n) is 6.48. The second kappa shape index (κ2) is 10.2. The molecule has 2 aromatic carbocycles.